The lowest BCUT2D eigenvalue weighted by molar-refractivity contribution is -0.144. The van der Waals surface area contributed by atoms with Gasteiger partial charge in [-0.1, -0.05) is 72.6 Å². The van der Waals surface area contributed by atoms with Gasteiger partial charge in [-0.05, 0) is 101 Å². The fourth-order valence-electron chi connectivity index (χ4n) is 7.86. The smallest absolute Gasteiger partial charge is 0.324 e. The van der Waals surface area contributed by atoms with Crippen molar-refractivity contribution in [2.24, 2.45) is 29.4 Å². The highest BCUT2D eigenvalue weighted by atomic mass is 32.2. The second kappa shape index (κ2) is 27.8. The highest BCUT2D eigenvalue weighted by molar-refractivity contribution is 7.99. The zero-order chi connectivity index (χ0) is 48.1. The van der Waals surface area contributed by atoms with Gasteiger partial charge in [0.2, 0.25) is 17.7 Å². The van der Waals surface area contributed by atoms with Gasteiger partial charge in [0.25, 0.3) is 0 Å². The van der Waals surface area contributed by atoms with Crippen LogP contribution in [0.15, 0.2) is 0 Å². The number of amides is 3. The molecular formula is C47H76N4O12S. The van der Waals surface area contributed by atoms with Gasteiger partial charge in [-0.25, -0.2) is 0 Å². The summed E-state index contributed by atoms with van der Waals surface area (Å²) in [5.74, 6) is -5.47. The van der Waals surface area contributed by atoms with Crippen LogP contribution in [0.1, 0.15) is 147 Å². The Hall–Kier alpha value is -4.38. The van der Waals surface area contributed by atoms with Crippen LogP contribution in [-0.2, 0) is 40.0 Å². The Morgan fingerprint density at radius 2 is 1.39 bits per heavy atom. The lowest BCUT2D eigenvalue weighted by atomic mass is 9.83. The molecule has 8 N–H and O–H groups in total. The maximum atomic E-state index is 14.0. The molecule has 0 aliphatic carbocycles. The molecule has 4 unspecified atom stereocenters. The predicted molar refractivity (Wildman–Crippen MR) is 246 cm³/mol. The first kappa shape index (κ1) is 55.8. The number of aliphatic carboxylic acids is 3. The zero-order valence-electron chi connectivity index (χ0n) is 39.4. The second-order valence-electron chi connectivity index (χ2n) is 18.4. The lowest BCUT2D eigenvalue weighted by Gasteiger charge is -2.38. The van der Waals surface area contributed by atoms with Gasteiger partial charge >= 0.3 is 23.9 Å². The standard InChI is InChI=1S/C47H76N4O12S/c1-28(2)13-9-14-29(3)15-10-16-30(4)17-11-22-47(8)23-21-34-33(7)41(31(5)32(6)42(34)63-47)62-46(61)35(43(57)49-24-12-18-39(53)54)26-64-27-37(44(58)50-25-40(55)56)51-38(52)20-19-36(48)45(59)60/h28-30,35-37H,9-27,48H2,1-8H3,(H,49,57)(H,50,58)(H,51,52)(H,53,54)(H,55,56)(H,59,60)/t29?,30?,35?,36-,37-,47?/m0/s1. The van der Waals surface area contributed by atoms with E-state index in [4.69, 9.17) is 30.5 Å². The molecule has 362 valence electrons. The molecule has 0 saturated heterocycles. The second-order valence-corrected chi connectivity index (χ2v) is 19.5. The first-order chi connectivity index (χ1) is 30.0. The number of nitrogens with one attached hydrogen (secondary N) is 3. The number of rotatable bonds is 31. The average Bonchev–Trinajstić information content (AvgIpc) is 3.21. The van der Waals surface area contributed by atoms with Crippen molar-refractivity contribution in [1.82, 2.24) is 16.0 Å². The summed E-state index contributed by atoms with van der Waals surface area (Å²) < 4.78 is 12.8. The molecule has 0 saturated carbocycles. The zero-order valence-corrected chi connectivity index (χ0v) is 40.2. The van der Waals surface area contributed by atoms with Crippen molar-refractivity contribution in [3.63, 3.8) is 0 Å². The number of hydrogen-bond donors (Lipinski definition) is 7. The van der Waals surface area contributed by atoms with E-state index in [9.17, 15) is 33.6 Å². The van der Waals surface area contributed by atoms with Gasteiger partial charge < -0.3 is 46.5 Å². The summed E-state index contributed by atoms with van der Waals surface area (Å²) in [6, 6.07) is -2.64. The Balaban J connectivity index is 2.18. The van der Waals surface area contributed by atoms with Gasteiger partial charge in [0.05, 0.1) is 0 Å². The minimum atomic E-state index is -1.43. The number of carbonyl (C=O) groups excluding carboxylic acids is 4. The van der Waals surface area contributed by atoms with Crippen molar-refractivity contribution in [2.45, 2.75) is 169 Å². The number of thioether (sulfide) groups is 1. The van der Waals surface area contributed by atoms with E-state index in [-0.39, 0.29) is 49.3 Å². The monoisotopic (exact) mass is 921 g/mol. The average molecular weight is 921 g/mol. The molecule has 0 fully saturated rings. The minimum Gasteiger partial charge on any atom is -0.487 e. The lowest BCUT2D eigenvalue weighted by Crippen LogP contribution is -2.49. The quantitative estimate of drug-likeness (QED) is 0.0188. The SMILES string of the molecule is Cc1c(C)c2c(c(C)c1OC(=O)C(CSC[C@H](NC(=O)CC[C@H](N)C(=O)O)C(=O)NCC(=O)O)C(=O)NCCCC(=O)O)CCC(C)(CCCC(C)CCCC(C)CCCC(C)C)O2. The van der Waals surface area contributed by atoms with Crippen LogP contribution >= 0.6 is 11.8 Å². The summed E-state index contributed by atoms with van der Waals surface area (Å²) in [7, 11) is 0. The Bertz CT molecular complexity index is 1760. The normalized spacial score (nSPS) is 16.9. The van der Waals surface area contributed by atoms with Crippen LogP contribution in [0.4, 0.5) is 0 Å². The fraction of sp³-hybridized carbons (Fsp3) is 0.723. The van der Waals surface area contributed by atoms with Crippen LogP contribution in [-0.4, -0.2) is 99.2 Å². The van der Waals surface area contributed by atoms with Crippen LogP contribution in [0.3, 0.4) is 0 Å². The summed E-state index contributed by atoms with van der Waals surface area (Å²) in [5.41, 5.74) is 8.29. The molecule has 6 atom stereocenters. The van der Waals surface area contributed by atoms with E-state index < -0.39 is 66.1 Å². The molecule has 1 aliphatic heterocycles. The van der Waals surface area contributed by atoms with Crippen LogP contribution in [0.2, 0.25) is 0 Å². The van der Waals surface area contributed by atoms with E-state index in [2.05, 4.69) is 50.6 Å². The van der Waals surface area contributed by atoms with E-state index in [1.54, 1.807) is 0 Å². The molecule has 0 aromatic heterocycles. The summed E-state index contributed by atoms with van der Waals surface area (Å²) in [5, 5.41) is 34.4. The van der Waals surface area contributed by atoms with E-state index in [0.29, 0.717) is 29.2 Å². The fourth-order valence-corrected chi connectivity index (χ4v) is 8.99. The van der Waals surface area contributed by atoms with Crippen molar-refractivity contribution in [2.75, 3.05) is 24.6 Å². The summed E-state index contributed by atoms with van der Waals surface area (Å²) >= 11 is 0.947. The van der Waals surface area contributed by atoms with Gasteiger partial charge in [0.1, 0.15) is 41.6 Å². The Morgan fingerprint density at radius 1 is 0.766 bits per heavy atom. The Labute approximate surface area is 383 Å². The topological polar surface area (TPSA) is 261 Å². The molecule has 0 bridgehead atoms. The number of esters is 1. The molecule has 0 spiro atoms. The highest BCUT2D eigenvalue weighted by Gasteiger charge is 2.36. The maximum absolute atomic E-state index is 14.0. The van der Waals surface area contributed by atoms with Crippen molar-refractivity contribution < 1.29 is 58.4 Å². The Kier molecular flexibility index (Phi) is 24.2. The van der Waals surface area contributed by atoms with Crippen LogP contribution in [0.5, 0.6) is 11.5 Å². The number of hydrogen-bond acceptors (Lipinski definition) is 11. The van der Waals surface area contributed by atoms with E-state index in [1.807, 2.05) is 20.8 Å². The molecule has 16 nitrogen and oxygen atoms in total. The van der Waals surface area contributed by atoms with Crippen molar-refractivity contribution in [3.8, 4) is 11.5 Å². The largest absolute Gasteiger partial charge is 0.487 e. The number of ether oxygens (including phenoxy) is 2. The van der Waals surface area contributed by atoms with Crippen molar-refractivity contribution >= 4 is 53.4 Å². The van der Waals surface area contributed by atoms with Crippen LogP contribution < -0.4 is 31.2 Å². The first-order valence-corrected chi connectivity index (χ1v) is 24.1. The third kappa shape index (κ3) is 19.8. The molecule has 64 heavy (non-hydrogen) atoms. The third-order valence-corrected chi connectivity index (χ3v) is 13.3. The van der Waals surface area contributed by atoms with Crippen molar-refractivity contribution in [1.29, 1.82) is 0 Å². The number of fused-ring (bicyclic) bond motifs is 1. The summed E-state index contributed by atoms with van der Waals surface area (Å²) in [6.45, 7) is 16.3. The first-order valence-electron chi connectivity index (χ1n) is 22.9. The molecule has 0 radical (unpaired) electrons. The number of benzene rings is 1. The number of carboxylic acids is 3. The Morgan fingerprint density at radius 3 is 1.98 bits per heavy atom. The molecule has 1 aliphatic rings. The molecule has 1 heterocycles. The molecule has 17 heteroatoms. The third-order valence-electron chi connectivity index (χ3n) is 12.1. The highest BCUT2D eigenvalue weighted by Crippen LogP contribution is 2.45. The molecule has 1 aromatic rings. The summed E-state index contributed by atoms with van der Waals surface area (Å²) in [6.07, 6.45) is 11.6. The van der Waals surface area contributed by atoms with Crippen LogP contribution in [0.25, 0.3) is 0 Å². The predicted octanol–water partition coefficient (Wildman–Crippen LogP) is 6.25. The van der Waals surface area contributed by atoms with Gasteiger partial charge in [-0.15, -0.1) is 0 Å². The number of carboxylic acid groups (broad SMARTS) is 3. The summed E-state index contributed by atoms with van der Waals surface area (Å²) in [4.78, 5) is 86.4. The molecule has 3 amide bonds. The van der Waals surface area contributed by atoms with Gasteiger partial charge in [0, 0.05) is 36.5 Å². The van der Waals surface area contributed by atoms with E-state index in [1.165, 1.54) is 38.5 Å². The maximum Gasteiger partial charge on any atom is 0.324 e. The number of carbonyl (C=O) groups is 7. The molecule has 2 rings (SSSR count). The van der Waals surface area contributed by atoms with Gasteiger partial charge in [-0.3, -0.25) is 33.6 Å². The van der Waals surface area contributed by atoms with Gasteiger partial charge in [0.15, 0.2) is 0 Å². The van der Waals surface area contributed by atoms with Crippen molar-refractivity contribution in [3.05, 3.63) is 22.3 Å². The molecule has 1 aromatic carbocycles. The van der Waals surface area contributed by atoms with E-state index >= 15 is 0 Å². The van der Waals surface area contributed by atoms with E-state index in [0.717, 1.165) is 66.2 Å². The number of nitrogens with two attached hydrogens (primary N) is 1. The minimum absolute atomic E-state index is 0.0304. The van der Waals surface area contributed by atoms with Gasteiger partial charge in [-0.2, -0.15) is 11.8 Å². The van der Waals surface area contributed by atoms with Crippen LogP contribution in [0, 0.1) is 44.4 Å². The molecular weight excluding hydrogens is 845 g/mol.